The molecule has 1 aliphatic rings. The molecule has 0 bridgehead atoms. The largest absolute Gasteiger partial charge is 0.465 e. The van der Waals surface area contributed by atoms with E-state index in [1.165, 1.54) is 25.3 Å². The van der Waals surface area contributed by atoms with Crippen molar-refractivity contribution < 1.29 is 19.2 Å². The van der Waals surface area contributed by atoms with Crippen LogP contribution in [-0.4, -0.2) is 36.5 Å². The first kappa shape index (κ1) is 14.8. The smallest absolute Gasteiger partial charge is 0.337 e. The van der Waals surface area contributed by atoms with E-state index in [9.17, 15) is 19.7 Å². The van der Waals surface area contributed by atoms with E-state index in [0.717, 1.165) is 0 Å². The number of hydrogen-bond donors (Lipinski definition) is 2. The lowest BCUT2D eigenvalue weighted by Gasteiger charge is -2.13. The third-order valence-corrected chi connectivity index (χ3v) is 3.24. The molecule has 1 saturated heterocycles. The van der Waals surface area contributed by atoms with E-state index < -0.39 is 10.9 Å². The van der Waals surface area contributed by atoms with Crippen LogP contribution in [0.15, 0.2) is 18.2 Å². The maximum absolute atomic E-state index is 11.5. The third kappa shape index (κ3) is 3.47. The molecule has 1 atom stereocenters. The molecule has 1 amide bonds. The number of rotatable bonds is 5. The van der Waals surface area contributed by atoms with Gasteiger partial charge in [0, 0.05) is 25.1 Å². The number of ether oxygens (including phenoxy) is 1. The van der Waals surface area contributed by atoms with Gasteiger partial charge in [-0.15, -0.1) is 0 Å². The third-order valence-electron chi connectivity index (χ3n) is 3.24. The van der Waals surface area contributed by atoms with E-state index >= 15 is 0 Å². The van der Waals surface area contributed by atoms with E-state index in [4.69, 9.17) is 0 Å². The molecule has 1 heterocycles. The van der Waals surface area contributed by atoms with Gasteiger partial charge < -0.3 is 15.4 Å². The maximum Gasteiger partial charge on any atom is 0.337 e. The molecule has 1 unspecified atom stereocenters. The molecule has 2 N–H and O–H groups in total. The molecule has 0 spiro atoms. The normalized spacial score (nSPS) is 17.2. The van der Waals surface area contributed by atoms with Crippen molar-refractivity contribution in [3.8, 4) is 0 Å². The number of nitrogens with zero attached hydrogens (tertiary/aromatic N) is 1. The minimum atomic E-state index is -0.567. The monoisotopic (exact) mass is 293 g/mol. The van der Waals surface area contributed by atoms with Gasteiger partial charge in [0.15, 0.2) is 0 Å². The standard InChI is InChI=1S/C13H15N3O5/c1-21-13(18)8-2-4-11(16(19)20)10(6-8)14-7-9-3-5-12(17)15-9/h2,4,6,9,14H,3,5,7H2,1H3,(H,15,17). The van der Waals surface area contributed by atoms with E-state index in [1.54, 1.807) is 0 Å². The highest BCUT2D eigenvalue weighted by molar-refractivity contribution is 5.91. The summed E-state index contributed by atoms with van der Waals surface area (Å²) in [6, 6.07) is 3.90. The van der Waals surface area contributed by atoms with Gasteiger partial charge in [-0.3, -0.25) is 14.9 Å². The number of carbonyl (C=O) groups excluding carboxylic acids is 2. The summed E-state index contributed by atoms with van der Waals surface area (Å²) in [6.45, 7) is 0.358. The van der Waals surface area contributed by atoms with E-state index in [-0.39, 0.29) is 28.9 Å². The van der Waals surface area contributed by atoms with Crippen LogP contribution in [0.4, 0.5) is 11.4 Å². The van der Waals surface area contributed by atoms with Gasteiger partial charge in [0.25, 0.3) is 5.69 Å². The fourth-order valence-corrected chi connectivity index (χ4v) is 2.15. The topological polar surface area (TPSA) is 111 Å². The fourth-order valence-electron chi connectivity index (χ4n) is 2.15. The lowest BCUT2D eigenvalue weighted by molar-refractivity contribution is -0.384. The van der Waals surface area contributed by atoms with Gasteiger partial charge in [0.2, 0.25) is 5.91 Å². The summed E-state index contributed by atoms with van der Waals surface area (Å²) in [5.74, 6) is -0.596. The predicted molar refractivity (Wildman–Crippen MR) is 74.1 cm³/mol. The van der Waals surface area contributed by atoms with Crippen LogP contribution in [-0.2, 0) is 9.53 Å². The number of nitro benzene ring substituents is 1. The number of nitrogens with one attached hydrogen (secondary N) is 2. The number of anilines is 1. The number of nitro groups is 1. The molecule has 112 valence electrons. The van der Waals surface area contributed by atoms with Crippen molar-refractivity contribution in [1.29, 1.82) is 0 Å². The Morgan fingerprint density at radius 3 is 2.90 bits per heavy atom. The van der Waals surface area contributed by atoms with Crippen LogP contribution in [0, 0.1) is 10.1 Å². The summed E-state index contributed by atoms with van der Waals surface area (Å²) in [5, 5.41) is 16.7. The highest BCUT2D eigenvalue weighted by atomic mass is 16.6. The van der Waals surface area contributed by atoms with Gasteiger partial charge in [0.1, 0.15) is 5.69 Å². The van der Waals surface area contributed by atoms with E-state index in [2.05, 4.69) is 15.4 Å². The number of methoxy groups -OCH3 is 1. The van der Waals surface area contributed by atoms with Crippen molar-refractivity contribution in [3.05, 3.63) is 33.9 Å². The van der Waals surface area contributed by atoms with Crippen molar-refractivity contribution >= 4 is 23.3 Å². The first-order valence-electron chi connectivity index (χ1n) is 6.41. The average Bonchev–Trinajstić information content (AvgIpc) is 2.89. The van der Waals surface area contributed by atoms with Crippen LogP contribution in [0.25, 0.3) is 0 Å². The van der Waals surface area contributed by atoms with Crippen molar-refractivity contribution in [2.45, 2.75) is 18.9 Å². The van der Waals surface area contributed by atoms with Crippen molar-refractivity contribution in [3.63, 3.8) is 0 Å². The predicted octanol–water partition coefficient (Wildman–Crippen LogP) is 1.07. The lowest BCUT2D eigenvalue weighted by atomic mass is 10.1. The summed E-state index contributed by atoms with van der Waals surface area (Å²) in [4.78, 5) is 33.1. The molecule has 0 radical (unpaired) electrons. The molecule has 0 saturated carbocycles. The first-order valence-corrected chi connectivity index (χ1v) is 6.41. The Kier molecular flexibility index (Phi) is 4.36. The Labute approximate surface area is 120 Å². The van der Waals surface area contributed by atoms with E-state index in [1.807, 2.05) is 0 Å². The van der Waals surface area contributed by atoms with Crippen LogP contribution >= 0.6 is 0 Å². The van der Waals surface area contributed by atoms with Crippen LogP contribution in [0.1, 0.15) is 23.2 Å². The maximum atomic E-state index is 11.5. The van der Waals surface area contributed by atoms with Gasteiger partial charge in [-0.05, 0) is 18.6 Å². The molecule has 1 fully saturated rings. The minimum absolute atomic E-state index is 0.0281. The number of hydrogen-bond acceptors (Lipinski definition) is 6. The van der Waals surface area contributed by atoms with Crippen molar-refractivity contribution in [2.24, 2.45) is 0 Å². The highest BCUT2D eigenvalue weighted by Gasteiger charge is 2.22. The number of benzene rings is 1. The molecule has 2 rings (SSSR count). The van der Waals surface area contributed by atoms with Gasteiger partial charge in [-0.1, -0.05) is 0 Å². The quantitative estimate of drug-likeness (QED) is 0.477. The zero-order valence-electron chi connectivity index (χ0n) is 11.4. The van der Waals surface area contributed by atoms with E-state index in [0.29, 0.717) is 19.4 Å². The summed E-state index contributed by atoms with van der Waals surface area (Å²) in [5.41, 5.74) is 0.317. The van der Waals surface area contributed by atoms with Crippen molar-refractivity contribution in [2.75, 3.05) is 19.0 Å². The van der Waals surface area contributed by atoms with Crippen molar-refractivity contribution in [1.82, 2.24) is 5.32 Å². The minimum Gasteiger partial charge on any atom is -0.465 e. The SMILES string of the molecule is COC(=O)c1ccc([N+](=O)[O-])c(NCC2CCC(=O)N2)c1. The molecule has 21 heavy (non-hydrogen) atoms. The highest BCUT2D eigenvalue weighted by Crippen LogP contribution is 2.26. The Morgan fingerprint density at radius 2 is 2.33 bits per heavy atom. The zero-order valence-corrected chi connectivity index (χ0v) is 11.4. The molecule has 8 nitrogen and oxygen atoms in total. The van der Waals surface area contributed by atoms with Gasteiger partial charge >= 0.3 is 5.97 Å². The molecule has 8 heteroatoms. The summed E-state index contributed by atoms with van der Waals surface area (Å²) in [6.07, 6.45) is 1.13. The second-order valence-corrected chi connectivity index (χ2v) is 4.66. The molecular formula is C13H15N3O5. The fraction of sp³-hybridized carbons (Fsp3) is 0.385. The Bertz CT molecular complexity index is 587. The average molecular weight is 293 g/mol. The van der Waals surface area contributed by atoms with Crippen LogP contribution < -0.4 is 10.6 Å². The Hall–Kier alpha value is -2.64. The number of carbonyl (C=O) groups is 2. The number of amides is 1. The molecule has 1 aromatic rings. The van der Waals surface area contributed by atoms with Crippen LogP contribution in [0.5, 0.6) is 0 Å². The molecule has 0 aromatic heterocycles. The lowest BCUT2D eigenvalue weighted by Crippen LogP contribution is -2.31. The second kappa shape index (κ2) is 6.21. The van der Waals surface area contributed by atoms with Crippen LogP contribution in [0.2, 0.25) is 0 Å². The Balaban J connectivity index is 2.16. The molecule has 1 aliphatic heterocycles. The zero-order chi connectivity index (χ0) is 15.4. The second-order valence-electron chi connectivity index (χ2n) is 4.66. The summed E-state index contributed by atoms with van der Waals surface area (Å²) >= 11 is 0. The van der Waals surface area contributed by atoms with Gasteiger partial charge in [-0.25, -0.2) is 4.79 Å². The van der Waals surface area contributed by atoms with Crippen LogP contribution in [0.3, 0.4) is 0 Å². The Morgan fingerprint density at radius 1 is 1.57 bits per heavy atom. The molecule has 0 aliphatic carbocycles. The molecular weight excluding hydrogens is 278 g/mol. The molecule has 1 aromatic carbocycles. The summed E-state index contributed by atoms with van der Waals surface area (Å²) < 4.78 is 4.59. The van der Waals surface area contributed by atoms with Gasteiger partial charge in [-0.2, -0.15) is 0 Å². The van der Waals surface area contributed by atoms with Gasteiger partial charge in [0.05, 0.1) is 17.6 Å². The first-order chi connectivity index (χ1) is 10.0. The number of esters is 1. The summed E-state index contributed by atoms with van der Waals surface area (Å²) in [7, 11) is 1.24.